The summed E-state index contributed by atoms with van der Waals surface area (Å²) >= 11 is 3.39. The number of carboxylic acid groups (broad SMARTS) is 1. The summed E-state index contributed by atoms with van der Waals surface area (Å²) in [5, 5.41) is 14.5. The maximum Gasteiger partial charge on any atom is 0.305 e. The summed E-state index contributed by atoms with van der Waals surface area (Å²) in [5.41, 5.74) is 0. The quantitative estimate of drug-likeness (QED) is 0.804. The Morgan fingerprint density at radius 3 is 2.70 bits per heavy atom. The molecule has 0 aliphatic rings. The van der Waals surface area contributed by atoms with Gasteiger partial charge in [0.2, 0.25) is 0 Å². The van der Waals surface area contributed by atoms with Crippen LogP contribution in [-0.4, -0.2) is 11.1 Å². The zero-order valence-corrected chi connectivity index (χ0v) is 13.3. The Bertz CT molecular complexity index is 548. The van der Waals surface area contributed by atoms with Crippen LogP contribution in [0.4, 0.5) is 0 Å². The van der Waals surface area contributed by atoms with E-state index in [1.54, 1.807) is 22.7 Å². The summed E-state index contributed by atoms with van der Waals surface area (Å²) in [6, 6.07) is 8.26. The normalized spacial score (nSPS) is 14.1. The first-order valence-corrected chi connectivity index (χ1v) is 8.39. The fourth-order valence-corrected chi connectivity index (χ4v) is 3.86. The van der Waals surface area contributed by atoms with E-state index in [0.29, 0.717) is 0 Å². The SMILES string of the molecule is CCc1ccc(C(C)NC(CC(=O)O)c2cccs2)s1. The average molecular weight is 309 g/mol. The topological polar surface area (TPSA) is 49.3 Å². The molecule has 0 bridgehead atoms. The van der Waals surface area contributed by atoms with Crippen molar-refractivity contribution in [3.8, 4) is 0 Å². The molecular weight excluding hydrogens is 290 g/mol. The molecule has 0 radical (unpaired) electrons. The van der Waals surface area contributed by atoms with E-state index in [4.69, 9.17) is 5.11 Å². The molecule has 0 fully saturated rings. The van der Waals surface area contributed by atoms with Gasteiger partial charge < -0.3 is 10.4 Å². The molecular formula is C15H19NO2S2. The van der Waals surface area contributed by atoms with Gasteiger partial charge >= 0.3 is 5.97 Å². The van der Waals surface area contributed by atoms with Crippen LogP contribution in [0.15, 0.2) is 29.6 Å². The number of thiophene rings is 2. The highest BCUT2D eigenvalue weighted by molar-refractivity contribution is 7.12. The van der Waals surface area contributed by atoms with Crippen molar-refractivity contribution in [2.45, 2.75) is 38.8 Å². The first-order chi connectivity index (χ1) is 9.60. The second kappa shape index (κ2) is 7.02. The molecule has 2 N–H and O–H groups in total. The summed E-state index contributed by atoms with van der Waals surface area (Å²) in [5.74, 6) is -0.775. The van der Waals surface area contributed by atoms with E-state index in [9.17, 15) is 4.79 Å². The number of hydrogen-bond acceptors (Lipinski definition) is 4. The van der Waals surface area contributed by atoms with Gasteiger partial charge in [0.1, 0.15) is 0 Å². The molecule has 0 aliphatic heterocycles. The fourth-order valence-electron chi connectivity index (χ4n) is 2.11. The molecule has 2 aromatic heterocycles. The lowest BCUT2D eigenvalue weighted by Gasteiger charge is -2.20. The van der Waals surface area contributed by atoms with Gasteiger partial charge in [0, 0.05) is 20.7 Å². The number of rotatable bonds is 7. The molecule has 0 amide bonds. The number of carbonyl (C=O) groups is 1. The largest absolute Gasteiger partial charge is 0.481 e. The van der Waals surface area contributed by atoms with Crippen LogP contribution in [0.5, 0.6) is 0 Å². The van der Waals surface area contributed by atoms with Crippen LogP contribution in [0, 0.1) is 0 Å². The van der Waals surface area contributed by atoms with Gasteiger partial charge in [-0.05, 0) is 36.9 Å². The Labute approximate surface area is 127 Å². The highest BCUT2D eigenvalue weighted by atomic mass is 32.1. The number of hydrogen-bond donors (Lipinski definition) is 2. The zero-order chi connectivity index (χ0) is 14.5. The van der Waals surface area contributed by atoms with Gasteiger partial charge in [-0.25, -0.2) is 0 Å². The molecule has 3 nitrogen and oxygen atoms in total. The summed E-state index contributed by atoms with van der Waals surface area (Å²) in [6.07, 6.45) is 1.15. The number of nitrogens with one attached hydrogen (secondary N) is 1. The van der Waals surface area contributed by atoms with Gasteiger partial charge in [-0.3, -0.25) is 4.79 Å². The van der Waals surface area contributed by atoms with E-state index in [2.05, 4.69) is 31.3 Å². The highest BCUT2D eigenvalue weighted by Gasteiger charge is 2.20. The lowest BCUT2D eigenvalue weighted by Crippen LogP contribution is -2.25. The Morgan fingerprint density at radius 1 is 1.35 bits per heavy atom. The molecule has 0 spiro atoms. The highest BCUT2D eigenvalue weighted by Crippen LogP contribution is 2.29. The van der Waals surface area contributed by atoms with E-state index in [-0.39, 0.29) is 18.5 Å². The van der Waals surface area contributed by atoms with Gasteiger partial charge in [-0.15, -0.1) is 22.7 Å². The Kier molecular flexibility index (Phi) is 5.34. The van der Waals surface area contributed by atoms with E-state index >= 15 is 0 Å². The molecule has 0 saturated carbocycles. The lowest BCUT2D eigenvalue weighted by atomic mass is 10.1. The Hall–Kier alpha value is -1.17. The molecule has 2 aromatic rings. The van der Waals surface area contributed by atoms with Crippen LogP contribution in [0.1, 0.15) is 47.0 Å². The standard InChI is InChI=1S/C15H19NO2S2/c1-3-11-6-7-13(20-11)10(2)16-12(9-15(17)18)14-5-4-8-19-14/h4-8,10,12,16H,3,9H2,1-2H3,(H,17,18). The molecule has 5 heteroatoms. The van der Waals surface area contributed by atoms with Gasteiger partial charge in [0.15, 0.2) is 0 Å². The van der Waals surface area contributed by atoms with Crippen molar-refractivity contribution >= 4 is 28.6 Å². The van der Waals surface area contributed by atoms with E-state index < -0.39 is 5.97 Å². The van der Waals surface area contributed by atoms with Gasteiger partial charge in [-0.2, -0.15) is 0 Å². The molecule has 2 unspecified atom stereocenters. The van der Waals surface area contributed by atoms with Crippen LogP contribution < -0.4 is 5.32 Å². The van der Waals surface area contributed by atoms with Gasteiger partial charge in [-0.1, -0.05) is 13.0 Å². The smallest absolute Gasteiger partial charge is 0.305 e. The van der Waals surface area contributed by atoms with Crippen molar-refractivity contribution in [3.63, 3.8) is 0 Å². The fraction of sp³-hybridized carbons (Fsp3) is 0.400. The summed E-state index contributed by atoms with van der Waals surface area (Å²) in [7, 11) is 0. The number of aliphatic carboxylic acids is 1. The van der Waals surface area contributed by atoms with Crippen LogP contribution >= 0.6 is 22.7 Å². The lowest BCUT2D eigenvalue weighted by molar-refractivity contribution is -0.137. The maximum atomic E-state index is 11.0. The number of carboxylic acids is 1. The van der Waals surface area contributed by atoms with Crippen LogP contribution in [0.25, 0.3) is 0 Å². The zero-order valence-electron chi connectivity index (χ0n) is 11.6. The summed E-state index contributed by atoms with van der Waals surface area (Å²) in [4.78, 5) is 14.7. The Balaban J connectivity index is 2.08. The van der Waals surface area contributed by atoms with Crippen molar-refractivity contribution in [3.05, 3.63) is 44.3 Å². The third-order valence-electron chi connectivity index (χ3n) is 3.17. The molecule has 0 aliphatic carbocycles. The molecule has 2 heterocycles. The van der Waals surface area contributed by atoms with Gasteiger partial charge in [0.25, 0.3) is 0 Å². The van der Waals surface area contributed by atoms with Crippen LogP contribution in [0.2, 0.25) is 0 Å². The molecule has 0 saturated heterocycles. The maximum absolute atomic E-state index is 11.0. The molecule has 2 atom stereocenters. The second-order valence-corrected chi connectivity index (χ2v) is 6.89. The third-order valence-corrected chi connectivity index (χ3v) is 5.57. The van der Waals surface area contributed by atoms with E-state index in [1.807, 2.05) is 17.5 Å². The summed E-state index contributed by atoms with van der Waals surface area (Å²) < 4.78 is 0. The first-order valence-electron chi connectivity index (χ1n) is 6.70. The minimum Gasteiger partial charge on any atom is -0.481 e. The van der Waals surface area contributed by atoms with Crippen LogP contribution in [-0.2, 0) is 11.2 Å². The minimum atomic E-state index is -0.775. The van der Waals surface area contributed by atoms with E-state index in [0.717, 1.165) is 11.3 Å². The van der Waals surface area contributed by atoms with Crippen molar-refractivity contribution < 1.29 is 9.90 Å². The van der Waals surface area contributed by atoms with Crippen molar-refractivity contribution in [1.82, 2.24) is 5.32 Å². The Morgan fingerprint density at radius 2 is 2.15 bits per heavy atom. The van der Waals surface area contributed by atoms with Crippen LogP contribution in [0.3, 0.4) is 0 Å². The molecule has 20 heavy (non-hydrogen) atoms. The van der Waals surface area contributed by atoms with Gasteiger partial charge in [0.05, 0.1) is 12.5 Å². The molecule has 0 aromatic carbocycles. The van der Waals surface area contributed by atoms with Crippen molar-refractivity contribution in [1.29, 1.82) is 0 Å². The van der Waals surface area contributed by atoms with E-state index in [1.165, 1.54) is 9.75 Å². The minimum absolute atomic E-state index is 0.108. The predicted octanol–water partition coefficient (Wildman–Crippen LogP) is 4.24. The summed E-state index contributed by atoms with van der Waals surface area (Å²) in [6.45, 7) is 4.24. The number of aryl methyl sites for hydroxylation is 1. The molecule has 108 valence electrons. The first kappa shape index (κ1) is 15.2. The van der Waals surface area contributed by atoms with Crippen molar-refractivity contribution in [2.24, 2.45) is 0 Å². The van der Waals surface area contributed by atoms with Crippen molar-refractivity contribution in [2.75, 3.05) is 0 Å². The monoisotopic (exact) mass is 309 g/mol. The molecule has 2 rings (SSSR count). The average Bonchev–Trinajstić information content (AvgIpc) is 3.08. The third kappa shape index (κ3) is 3.91. The predicted molar refractivity (Wildman–Crippen MR) is 84.6 cm³/mol. The second-order valence-electron chi connectivity index (χ2n) is 4.71.